The van der Waals surface area contributed by atoms with Gasteiger partial charge in [-0.1, -0.05) is 28.1 Å². The molecule has 0 amide bonds. The Balaban J connectivity index is 2.48. The fraction of sp³-hybridized carbons (Fsp3) is 0.300. The van der Waals surface area contributed by atoms with Gasteiger partial charge in [0.1, 0.15) is 0 Å². The number of nitrogens with two attached hydrogens (primary N) is 1. The second kappa shape index (κ2) is 5.95. The largest absolute Gasteiger partial charge is 0.479 e. The van der Waals surface area contributed by atoms with Crippen molar-refractivity contribution >= 4 is 21.9 Å². The number of rotatable bonds is 5. The molecule has 0 unspecified atom stereocenters. The number of aliphatic hydroxyl groups excluding tert-OH is 1. The highest BCUT2D eigenvalue weighted by Gasteiger charge is 2.15. The Bertz CT molecular complexity index is 356. The third-order valence-corrected chi connectivity index (χ3v) is 2.52. The summed E-state index contributed by atoms with van der Waals surface area (Å²) in [7, 11) is 0. The summed E-state index contributed by atoms with van der Waals surface area (Å²) in [6.45, 7) is 0.281. The number of nitrogens with zero attached hydrogens (tertiary/aromatic N) is 1. The number of hydrogen-bond acceptors (Lipinski definition) is 4. The molecule has 0 radical (unpaired) electrons. The number of carboxylic acid groups (broad SMARTS) is 1. The van der Waals surface area contributed by atoms with E-state index in [9.17, 15) is 4.79 Å². The fourth-order valence-corrected chi connectivity index (χ4v) is 1.45. The Kier molecular flexibility index (Phi) is 4.88. The molecular formula is C10H13BrN2O3. The lowest BCUT2D eigenvalue weighted by molar-refractivity contribution is -0.147. The number of carboxylic acids is 1. The molecule has 6 heteroatoms. The highest BCUT2D eigenvalue weighted by atomic mass is 79.9. The number of aliphatic carboxylic acids is 1. The molecule has 1 rings (SSSR count). The van der Waals surface area contributed by atoms with E-state index in [0.717, 1.165) is 10.0 Å². The van der Waals surface area contributed by atoms with Gasteiger partial charge in [-0.3, -0.25) is 5.84 Å². The van der Waals surface area contributed by atoms with Crippen LogP contribution in [0.5, 0.6) is 0 Å². The predicted molar refractivity (Wildman–Crippen MR) is 62.4 cm³/mol. The number of hydrogen-bond donors (Lipinski definition) is 3. The van der Waals surface area contributed by atoms with Crippen molar-refractivity contribution in [2.24, 2.45) is 5.84 Å². The van der Waals surface area contributed by atoms with Crippen LogP contribution in [-0.2, 0) is 11.3 Å². The van der Waals surface area contributed by atoms with Gasteiger partial charge >= 0.3 is 5.97 Å². The molecule has 5 nitrogen and oxygen atoms in total. The molecule has 0 spiro atoms. The third kappa shape index (κ3) is 4.28. The van der Waals surface area contributed by atoms with E-state index in [1.165, 1.54) is 5.01 Å². The fourth-order valence-electron chi connectivity index (χ4n) is 1.19. The minimum Gasteiger partial charge on any atom is -0.479 e. The molecular weight excluding hydrogens is 276 g/mol. The van der Waals surface area contributed by atoms with Crippen LogP contribution >= 0.6 is 15.9 Å². The molecule has 4 N–H and O–H groups in total. The molecule has 0 saturated carbocycles. The van der Waals surface area contributed by atoms with Crippen molar-refractivity contribution in [3.8, 4) is 0 Å². The number of benzene rings is 1. The van der Waals surface area contributed by atoms with Crippen LogP contribution in [0.3, 0.4) is 0 Å². The van der Waals surface area contributed by atoms with Gasteiger partial charge in [0.05, 0.1) is 6.54 Å². The maximum atomic E-state index is 10.4. The number of halogens is 1. The van der Waals surface area contributed by atoms with E-state index in [1.807, 2.05) is 24.3 Å². The standard InChI is InChI=1S/C10H13BrN2O3/c11-8-3-1-7(2-4-8)5-13(12)6-9(14)10(15)16/h1-4,9,14H,5-6,12H2,(H,15,16)/t9-/m1/s1. The second-order valence-corrected chi connectivity index (χ2v) is 4.33. The normalized spacial score (nSPS) is 12.8. The Hall–Kier alpha value is -0.950. The van der Waals surface area contributed by atoms with Crippen LogP contribution in [0, 0.1) is 0 Å². The van der Waals surface area contributed by atoms with Gasteiger partial charge in [-0.25, -0.2) is 9.80 Å². The maximum Gasteiger partial charge on any atom is 0.333 e. The average molecular weight is 289 g/mol. The molecule has 0 heterocycles. The van der Waals surface area contributed by atoms with Crippen molar-refractivity contribution in [2.75, 3.05) is 6.54 Å². The summed E-state index contributed by atoms with van der Waals surface area (Å²) < 4.78 is 0.963. The molecule has 0 fully saturated rings. The molecule has 88 valence electrons. The van der Waals surface area contributed by atoms with E-state index in [-0.39, 0.29) is 6.54 Å². The highest BCUT2D eigenvalue weighted by molar-refractivity contribution is 9.10. The van der Waals surface area contributed by atoms with Crippen LogP contribution < -0.4 is 5.84 Å². The zero-order chi connectivity index (χ0) is 12.1. The SMILES string of the molecule is NN(Cc1ccc(Br)cc1)C[C@@H](O)C(=O)O. The average Bonchev–Trinajstić information content (AvgIpc) is 2.21. The van der Waals surface area contributed by atoms with Crippen molar-refractivity contribution in [3.05, 3.63) is 34.3 Å². The lowest BCUT2D eigenvalue weighted by Crippen LogP contribution is -2.40. The van der Waals surface area contributed by atoms with Gasteiger partial charge in [-0.2, -0.15) is 0 Å². The zero-order valence-electron chi connectivity index (χ0n) is 8.51. The first kappa shape index (κ1) is 13.1. The summed E-state index contributed by atoms with van der Waals surface area (Å²) in [4.78, 5) is 10.4. The van der Waals surface area contributed by atoms with Crippen molar-refractivity contribution in [3.63, 3.8) is 0 Å². The molecule has 0 aliphatic carbocycles. The van der Waals surface area contributed by atoms with E-state index < -0.39 is 12.1 Å². The molecule has 0 aliphatic rings. The van der Waals surface area contributed by atoms with E-state index in [1.54, 1.807) is 0 Å². The van der Waals surface area contributed by atoms with Gasteiger partial charge in [0.25, 0.3) is 0 Å². The smallest absolute Gasteiger partial charge is 0.333 e. The van der Waals surface area contributed by atoms with Gasteiger partial charge in [-0.15, -0.1) is 0 Å². The number of aliphatic hydroxyl groups is 1. The Labute approximate surface area is 102 Å². The highest BCUT2D eigenvalue weighted by Crippen LogP contribution is 2.11. The molecule has 16 heavy (non-hydrogen) atoms. The first-order chi connectivity index (χ1) is 7.49. The summed E-state index contributed by atoms with van der Waals surface area (Å²) in [6, 6.07) is 7.49. The summed E-state index contributed by atoms with van der Waals surface area (Å²) in [6.07, 6.45) is -1.46. The van der Waals surface area contributed by atoms with Crippen molar-refractivity contribution in [1.29, 1.82) is 0 Å². The predicted octanol–water partition coefficient (Wildman–Crippen LogP) is 0.570. The van der Waals surface area contributed by atoms with Crippen LogP contribution in [0.15, 0.2) is 28.7 Å². The minimum absolute atomic E-state index is 0.106. The molecule has 1 aromatic carbocycles. The Morgan fingerprint density at radius 2 is 2.00 bits per heavy atom. The van der Waals surface area contributed by atoms with E-state index in [0.29, 0.717) is 6.54 Å². The Morgan fingerprint density at radius 1 is 1.44 bits per heavy atom. The van der Waals surface area contributed by atoms with Gasteiger partial charge in [0, 0.05) is 11.0 Å². The monoisotopic (exact) mass is 288 g/mol. The van der Waals surface area contributed by atoms with Gasteiger partial charge < -0.3 is 10.2 Å². The Morgan fingerprint density at radius 3 is 2.50 bits per heavy atom. The molecule has 1 atom stereocenters. The summed E-state index contributed by atoms with van der Waals surface area (Å²) >= 11 is 3.31. The van der Waals surface area contributed by atoms with Crippen molar-refractivity contribution < 1.29 is 15.0 Å². The van der Waals surface area contributed by atoms with E-state index in [4.69, 9.17) is 16.1 Å². The molecule has 0 aromatic heterocycles. The summed E-state index contributed by atoms with van der Waals surface area (Å²) in [5.41, 5.74) is 0.947. The van der Waals surface area contributed by atoms with Crippen LogP contribution in [-0.4, -0.2) is 33.8 Å². The van der Waals surface area contributed by atoms with Crippen LogP contribution in [0.25, 0.3) is 0 Å². The first-order valence-electron chi connectivity index (χ1n) is 4.64. The van der Waals surface area contributed by atoms with E-state index >= 15 is 0 Å². The number of hydrazine groups is 1. The van der Waals surface area contributed by atoms with Crippen molar-refractivity contribution in [2.45, 2.75) is 12.6 Å². The third-order valence-electron chi connectivity index (χ3n) is 1.99. The molecule has 0 saturated heterocycles. The lowest BCUT2D eigenvalue weighted by atomic mass is 10.2. The first-order valence-corrected chi connectivity index (χ1v) is 5.43. The number of carbonyl (C=O) groups is 1. The molecule has 0 bridgehead atoms. The topological polar surface area (TPSA) is 86.8 Å². The van der Waals surface area contributed by atoms with Gasteiger partial charge in [0.2, 0.25) is 0 Å². The van der Waals surface area contributed by atoms with Crippen LogP contribution in [0.2, 0.25) is 0 Å². The van der Waals surface area contributed by atoms with Gasteiger partial charge in [0.15, 0.2) is 6.10 Å². The second-order valence-electron chi connectivity index (χ2n) is 3.41. The maximum absolute atomic E-state index is 10.4. The van der Waals surface area contributed by atoms with Crippen LogP contribution in [0.4, 0.5) is 0 Å². The van der Waals surface area contributed by atoms with Crippen LogP contribution in [0.1, 0.15) is 5.56 Å². The van der Waals surface area contributed by atoms with Crippen molar-refractivity contribution in [1.82, 2.24) is 5.01 Å². The van der Waals surface area contributed by atoms with E-state index in [2.05, 4.69) is 15.9 Å². The van der Waals surface area contributed by atoms with Gasteiger partial charge in [-0.05, 0) is 17.7 Å². The lowest BCUT2D eigenvalue weighted by Gasteiger charge is -2.17. The minimum atomic E-state index is -1.46. The zero-order valence-corrected chi connectivity index (χ0v) is 10.1. The summed E-state index contributed by atoms with van der Waals surface area (Å²) in [5, 5.41) is 18.9. The quantitative estimate of drug-likeness (QED) is 0.545. The molecule has 0 aliphatic heterocycles. The molecule has 1 aromatic rings. The summed E-state index contributed by atoms with van der Waals surface area (Å²) in [5.74, 6) is 4.31.